The van der Waals surface area contributed by atoms with Crippen LogP contribution in [0.5, 0.6) is 0 Å². The van der Waals surface area contributed by atoms with Crippen molar-refractivity contribution in [3.05, 3.63) is 59.7 Å². The van der Waals surface area contributed by atoms with Gasteiger partial charge in [0.05, 0.1) is 11.7 Å². The molecule has 4 aromatic rings. The van der Waals surface area contributed by atoms with Gasteiger partial charge >= 0.3 is 0 Å². The molecule has 0 saturated heterocycles. The lowest BCUT2D eigenvalue weighted by Crippen LogP contribution is -2.11. The number of rotatable bonds is 4. The second-order valence-corrected chi connectivity index (χ2v) is 9.15. The van der Waals surface area contributed by atoms with E-state index in [1.165, 1.54) is 6.07 Å². The number of hydrogen-bond donors (Lipinski definition) is 1. The maximum Gasteiger partial charge on any atom is 0.229 e. The van der Waals surface area contributed by atoms with Crippen molar-refractivity contribution in [1.82, 2.24) is 24.5 Å². The smallest absolute Gasteiger partial charge is 0.229 e. The molecule has 3 heterocycles. The van der Waals surface area contributed by atoms with E-state index in [1.54, 1.807) is 12.3 Å². The quantitative estimate of drug-likeness (QED) is 0.419. The third kappa shape index (κ3) is 4.04. The van der Waals surface area contributed by atoms with E-state index in [0.717, 1.165) is 11.8 Å². The van der Waals surface area contributed by atoms with E-state index in [-0.39, 0.29) is 28.6 Å². The fourth-order valence-electron chi connectivity index (χ4n) is 3.71. The summed E-state index contributed by atoms with van der Waals surface area (Å²) in [7, 11) is 0. The van der Waals surface area contributed by atoms with Crippen molar-refractivity contribution in [3.63, 3.8) is 0 Å². The average molecular weight is 437 g/mol. The first kappa shape index (κ1) is 21.8. The van der Waals surface area contributed by atoms with E-state index >= 15 is 0 Å². The highest BCUT2D eigenvalue weighted by atomic mass is 19.1. The van der Waals surface area contributed by atoms with Crippen molar-refractivity contribution in [2.75, 3.05) is 5.32 Å². The molecule has 0 aliphatic carbocycles. The zero-order valence-electron chi connectivity index (χ0n) is 19.0. The Morgan fingerprint density at radius 2 is 1.72 bits per heavy atom. The van der Waals surface area contributed by atoms with E-state index < -0.39 is 11.6 Å². The molecule has 3 aromatic heterocycles. The number of pyridine rings is 1. The van der Waals surface area contributed by atoms with E-state index in [0.29, 0.717) is 22.7 Å². The normalized spacial score (nSPS) is 12.0. The van der Waals surface area contributed by atoms with Crippen molar-refractivity contribution in [2.24, 2.45) is 0 Å². The van der Waals surface area contributed by atoms with Crippen molar-refractivity contribution in [3.8, 4) is 11.3 Å². The number of nitrogens with zero attached hydrogens (tertiary/aromatic N) is 5. The van der Waals surface area contributed by atoms with Gasteiger partial charge in [0, 0.05) is 17.8 Å². The number of hydrogen-bond acceptors (Lipinski definition) is 5. The molecule has 0 aliphatic heterocycles. The summed E-state index contributed by atoms with van der Waals surface area (Å²) in [5.41, 5.74) is 2.24. The Hall–Kier alpha value is -3.42. The van der Waals surface area contributed by atoms with E-state index in [4.69, 9.17) is 0 Å². The van der Waals surface area contributed by atoms with E-state index in [2.05, 4.69) is 46.0 Å². The van der Waals surface area contributed by atoms with Gasteiger partial charge in [0.25, 0.3) is 0 Å². The van der Waals surface area contributed by atoms with Crippen LogP contribution in [0.3, 0.4) is 0 Å². The molecule has 32 heavy (non-hydrogen) atoms. The van der Waals surface area contributed by atoms with Crippen molar-refractivity contribution in [1.29, 1.82) is 0 Å². The van der Waals surface area contributed by atoms with Gasteiger partial charge in [-0.2, -0.15) is 0 Å². The molecule has 0 fully saturated rings. The minimum atomic E-state index is -0.641. The summed E-state index contributed by atoms with van der Waals surface area (Å²) in [6.45, 7) is 12.1. The number of nitrogens with one attached hydrogen (secondary N) is 1. The Morgan fingerprint density at radius 3 is 2.34 bits per heavy atom. The van der Waals surface area contributed by atoms with Crippen molar-refractivity contribution < 1.29 is 8.78 Å². The largest absolute Gasteiger partial charge is 0.326 e. The molecule has 1 aromatic carbocycles. The maximum absolute atomic E-state index is 14.8. The molecule has 4 rings (SSSR count). The van der Waals surface area contributed by atoms with Crippen LogP contribution in [0.15, 0.2) is 36.7 Å². The van der Waals surface area contributed by atoms with Crippen LogP contribution >= 0.6 is 0 Å². The molecule has 0 bridgehead atoms. The first-order valence-electron chi connectivity index (χ1n) is 10.5. The highest BCUT2D eigenvalue weighted by Crippen LogP contribution is 2.30. The van der Waals surface area contributed by atoms with Crippen LogP contribution in [0.2, 0.25) is 0 Å². The Morgan fingerprint density at radius 1 is 0.969 bits per heavy atom. The highest BCUT2D eigenvalue weighted by molar-refractivity contribution is 5.83. The number of anilines is 2. The molecule has 6 nitrogen and oxygen atoms in total. The highest BCUT2D eigenvalue weighted by Gasteiger charge is 2.19. The summed E-state index contributed by atoms with van der Waals surface area (Å²) in [5, 5.41) is 2.99. The van der Waals surface area contributed by atoms with Gasteiger partial charge in [0.2, 0.25) is 5.95 Å². The standard InChI is InChI=1S/C24H26F2N6/c1-13(2)32-14(3)29-22-17(25)9-15(10-19(22)32)21-18(26)12-28-23(31-21)30-20-8-7-16(11-27-20)24(4,5)6/h7-13H,1-6H3,(H,27,28,30,31). The summed E-state index contributed by atoms with van der Waals surface area (Å²) in [4.78, 5) is 17.0. The number of aryl methyl sites for hydroxylation is 1. The van der Waals surface area contributed by atoms with Crippen LogP contribution in [0.4, 0.5) is 20.5 Å². The molecule has 0 unspecified atom stereocenters. The second-order valence-electron chi connectivity index (χ2n) is 9.15. The van der Waals surface area contributed by atoms with Gasteiger partial charge in [-0.25, -0.2) is 28.7 Å². The number of aromatic nitrogens is 5. The molecule has 0 radical (unpaired) electrons. The fraction of sp³-hybridized carbons (Fsp3) is 0.333. The van der Waals surface area contributed by atoms with Crippen LogP contribution in [0, 0.1) is 18.6 Å². The number of imidazole rings is 1. The lowest BCUT2D eigenvalue weighted by molar-refractivity contribution is 0.587. The molecule has 0 spiro atoms. The second kappa shape index (κ2) is 7.93. The number of fused-ring (bicyclic) bond motifs is 1. The van der Waals surface area contributed by atoms with Crippen molar-refractivity contribution >= 4 is 22.8 Å². The number of benzene rings is 1. The van der Waals surface area contributed by atoms with Gasteiger partial charge < -0.3 is 9.88 Å². The molecule has 8 heteroatoms. The Bertz CT molecular complexity index is 1290. The van der Waals surface area contributed by atoms with Crippen LogP contribution in [0.25, 0.3) is 22.3 Å². The molecule has 0 atom stereocenters. The van der Waals surface area contributed by atoms with Gasteiger partial charge in [-0.3, -0.25) is 0 Å². The Kier molecular flexibility index (Phi) is 5.40. The van der Waals surface area contributed by atoms with E-state index in [9.17, 15) is 8.78 Å². The monoisotopic (exact) mass is 436 g/mol. The maximum atomic E-state index is 14.8. The minimum absolute atomic E-state index is 0.00349. The predicted molar refractivity (Wildman–Crippen MR) is 122 cm³/mol. The molecular weight excluding hydrogens is 410 g/mol. The van der Waals surface area contributed by atoms with Gasteiger partial charge in [-0.1, -0.05) is 26.8 Å². The van der Waals surface area contributed by atoms with Crippen LogP contribution in [0.1, 0.15) is 52.0 Å². The summed E-state index contributed by atoms with van der Waals surface area (Å²) in [5.74, 6) is 0.239. The fourth-order valence-corrected chi connectivity index (χ4v) is 3.71. The van der Waals surface area contributed by atoms with Gasteiger partial charge in [0.1, 0.15) is 22.9 Å². The summed E-state index contributed by atoms with van der Waals surface area (Å²) in [6, 6.07) is 6.83. The molecule has 0 aliphatic rings. The third-order valence-electron chi connectivity index (χ3n) is 5.33. The lowest BCUT2D eigenvalue weighted by Gasteiger charge is -2.18. The summed E-state index contributed by atoms with van der Waals surface area (Å²) < 4.78 is 31.4. The topological polar surface area (TPSA) is 68.5 Å². The summed E-state index contributed by atoms with van der Waals surface area (Å²) >= 11 is 0. The van der Waals surface area contributed by atoms with Gasteiger partial charge in [-0.05, 0) is 49.9 Å². The molecular formula is C24H26F2N6. The zero-order valence-corrected chi connectivity index (χ0v) is 19.0. The molecule has 0 saturated carbocycles. The SMILES string of the molecule is Cc1nc2c(F)cc(-c3nc(Nc4ccc(C(C)(C)C)cn4)ncc3F)cc2n1C(C)C. The lowest BCUT2D eigenvalue weighted by atomic mass is 9.88. The molecule has 0 amide bonds. The predicted octanol–water partition coefficient (Wildman–Crippen LogP) is 6.10. The van der Waals surface area contributed by atoms with Crippen LogP contribution < -0.4 is 5.32 Å². The van der Waals surface area contributed by atoms with Crippen molar-refractivity contribution in [2.45, 2.75) is 53.0 Å². The minimum Gasteiger partial charge on any atom is -0.326 e. The Labute approximate surface area is 185 Å². The third-order valence-corrected chi connectivity index (χ3v) is 5.33. The molecule has 166 valence electrons. The number of halogens is 2. The van der Waals surface area contributed by atoms with Crippen LogP contribution in [-0.4, -0.2) is 24.5 Å². The zero-order chi connectivity index (χ0) is 23.2. The van der Waals surface area contributed by atoms with Crippen LogP contribution in [-0.2, 0) is 5.41 Å². The Balaban J connectivity index is 1.73. The first-order valence-corrected chi connectivity index (χ1v) is 10.5. The van der Waals surface area contributed by atoms with Gasteiger partial charge in [0.15, 0.2) is 11.6 Å². The average Bonchev–Trinajstić information content (AvgIpc) is 3.06. The van der Waals surface area contributed by atoms with E-state index in [1.807, 2.05) is 37.5 Å². The molecule has 1 N–H and O–H groups in total. The van der Waals surface area contributed by atoms with Gasteiger partial charge in [-0.15, -0.1) is 0 Å². The first-order chi connectivity index (χ1) is 15.0. The summed E-state index contributed by atoms with van der Waals surface area (Å²) in [6.07, 6.45) is 2.85.